The molecule has 1 atom stereocenters. The number of hydrogen-bond donors (Lipinski definition) is 1. The van der Waals surface area contributed by atoms with Crippen molar-refractivity contribution in [3.8, 4) is 0 Å². The van der Waals surface area contributed by atoms with E-state index in [0.29, 0.717) is 26.1 Å². The van der Waals surface area contributed by atoms with Gasteiger partial charge in [0.05, 0.1) is 12.5 Å². The van der Waals surface area contributed by atoms with Crippen molar-refractivity contribution >= 4 is 11.9 Å². The quantitative estimate of drug-likeness (QED) is 0.673. The summed E-state index contributed by atoms with van der Waals surface area (Å²) in [6.07, 6.45) is 1.90. The largest absolute Gasteiger partial charge is 0.481 e. The van der Waals surface area contributed by atoms with Gasteiger partial charge in [0, 0.05) is 26.6 Å². The second kappa shape index (κ2) is 9.95. The summed E-state index contributed by atoms with van der Waals surface area (Å²) >= 11 is 0. The van der Waals surface area contributed by atoms with Gasteiger partial charge in [-0.25, -0.2) is 0 Å². The van der Waals surface area contributed by atoms with Gasteiger partial charge in [0.15, 0.2) is 0 Å². The van der Waals surface area contributed by atoms with E-state index in [4.69, 9.17) is 9.84 Å². The van der Waals surface area contributed by atoms with Crippen LogP contribution in [-0.4, -0.2) is 48.7 Å². The highest BCUT2D eigenvalue weighted by molar-refractivity contribution is 5.77. The van der Waals surface area contributed by atoms with E-state index in [1.54, 1.807) is 14.0 Å². The lowest BCUT2D eigenvalue weighted by molar-refractivity contribution is -0.142. The molecule has 0 aliphatic heterocycles. The number of amides is 1. The lowest BCUT2D eigenvalue weighted by Crippen LogP contribution is -2.33. The van der Waals surface area contributed by atoms with Crippen molar-refractivity contribution in [2.75, 3.05) is 26.8 Å². The molecule has 0 bridgehead atoms. The molecular formula is C17H25NO4. The molecule has 0 spiro atoms. The van der Waals surface area contributed by atoms with Crippen LogP contribution in [0.3, 0.4) is 0 Å². The van der Waals surface area contributed by atoms with E-state index in [1.807, 2.05) is 18.2 Å². The van der Waals surface area contributed by atoms with Gasteiger partial charge in [0.25, 0.3) is 0 Å². The summed E-state index contributed by atoms with van der Waals surface area (Å²) in [6, 6.07) is 10.1. The first-order valence-electron chi connectivity index (χ1n) is 7.59. The normalized spacial score (nSPS) is 11.9. The summed E-state index contributed by atoms with van der Waals surface area (Å²) < 4.78 is 5.52. The molecule has 0 saturated carbocycles. The maximum atomic E-state index is 11.8. The lowest BCUT2D eigenvalue weighted by atomic mass is 10.1. The molecule has 1 aromatic carbocycles. The van der Waals surface area contributed by atoms with Gasteiger partial charge in [0.2, 0.25) is 5.91 Å². The Balaban J connectivity index is 2.08. The number of nitrogens with zero attached hydrogens (tertiary/aromatic N) is 1. The van der Waals surface area contributed by atoms with Gasteiger partial charge in [0.1, 0.15) is 0 Å². The molecule has 1 unspecified atom stereocenters. The Kier molecular flexibility index (Phi) is 8.22. The number of hydrogen-bond acceptors (Lipinski definition) is 3. The van der Waals surface area contributed by atoms with Gasteiger partial charge in [-0.3, -0.25) is 9.59 Å². The van der Waals surface area contributed by atoms with Crippen LogP contribution in [0.2, 0.25) is 0 Å². The van der Waals surface area contributed by atoms with Crippen LogP contribution in [-0.2, 0) is 20.7 Å². The second-order valence-electron chi connectivity index (χ2n) is 5.47. The zero-order valence-electron chi connectivity index (χ0n) is 13.3. The van der Waals surface area contributed by atoms with Gasteiger partial charge < -0.3 is 14.7 Å². The van der Waals surface area contributed by atoms with E-state index in [9.17, 15) is 9.59 Å². The summed E-state index contributed by atoms with van der Waals surface area (Å²) in [5, 5.41) is 8.82. The lowest BCUT2D eigenvalue weighted by Gasteiger charge is -2.19. The zero-order valence-corrected chi connectivity index (χ0v) is 13.3. The number of benzene rings is 1. The van der Waals surface area contributed by atoms with Crippen molar-refractivity contribution in [2.24, 2.45) is 5.92 Å². The standard InChI is InChI=1S/C17H25NO4/c1-14(17(20)21)13-18(2)16(19)9-6-11-22-12-10-15-7-4-3-5-8-15/h3-5,7-8,14H,6,9-13H2,1-2H3,(H,20,21). The van der Waals surface area contributed by atoms with Crippen LogP contribution in [0, 0.1) is 5.92 Å². The first-order chi connectivity index (χ1) is 10.5. The molecule has 1 rings (SSSR count). The topological polar surface area (TPSA) is 66.8 Å². The summed E-state index contributed by atoms with van der Waals surface area (Å²) in [5.41, 5.74) is 1.24. The third-order valence-electron chi connectivity index (χ3n) is 3.45. The second-order valence-corrected chi connectivity index (χ2v) is 5.47. The number of carbonyl (C=O) groups is 2. The van der Waals surface area contributed by atoms with Crippen LogP contribution >= 0.6 is 0 Å². The molecule has 0 aromatic heterocycles. The summed E-state index contributed by atoms with van der Waals surface area (Å²) in [6.45, 7) is 3.02. The molecule has 0 aliphatic carbocycles. The number of rotatable bonds is 10. The molecule has 5 heteroatoms. The minimum absolute atomic E-state index is 0.0419. The molecule has 0 heterocycles. The molecular weight excluding hydrogens is 282 g/mol. The van der Waals surface area contributed by atoms with Crippen LogP contribution in [0.1, 0.15) is 25.3 Å². The van der Waals surface area contributed by atoms with E-state index >= 15 is 0 Å². The van der Waals surface area contributed by atoms with Crippen LogP contribution in [0.25, 0.3) is 0 Å². The maximum absolute atomic E-state index is 11.8. The molecule has 0 fully saturated rings. The Morgan fingerprint density at radius 2 is 1.91 bits per heavy atom. The SMILES string of the molecule is CC(CN(C)C(=O)CCCOCCc1ccccc1)C(=O)O. The number of carboxylic acid groups (broad SMARTS) is 1. The van der Waals surface area contributed by atoms with Gasteiger partial charge in [-0.2, -0.15) is 0 Å². The van der Waals surface area contributed by atoms with E-state index in [2.05, 4.69) is 12.1 Å². The molecule has 1 aromatic rings. The van der Waals surface area contributed by atoms with Crippen molar-refractivity contribution in [3.05, 3.63) is 35.9 Å². The number of aliphatic carboxylic acids is 1. The molecule has 122 valence electrons. The molecule has 0 aliphatic rings. The maximum Gasteiger partial charge on any atom is 0.308 e. The van der Waals surface area contributed by atoms with Crippen molar-refractivity contribution < 1.29 is 19.4 Å². The number of ether oxygens (including phenoxy) is 1. The fraction of sp³-hybridized carbons (Fsp3) is 0.529. The van der Waals surface area contributed by atoms with E-state index in [0.717, 1.165) is 6.42 Å². The first kappa shape index (κ1) is 18.2. The monoisotopic (exact) mass is 307 g/mol. The highest BCUT2D eigenvalue weighted by Crippen LogP contribution is 2.03. The molecule has 0 radical (unpaired) electrons. The third-order valence-corrected chi connectivity index (χ3v) is 3.45. The Labute approximate surface area is 131 Å². The van der Waals surface area contributed by atoms with Gasteiger partial charge in [-0.05, 0) is 18.4 Å². The van der Waals surface area contributed by atoms with Crippen molar-refractivity contribution in [2.45, 2.75) is 26.2 Å². The van der Waals surface area contributed by atoms with Crippen molar-refractivity contribution in [1.29, 1.82) is 0 Å². The minimum Gasteiger partial charge on any atom is -0.481 e. The Hall–Kier alpha value is -1.88. The zero-order chi connectivity index (χ0) is 16.4. The summed E-state index contributed by atoms with van der Waals surface area (Å²) in [4.78, 5) is 24.1. The Bertz CT molecular complexity index is 461. The minimum atomic E-state index is -0.885. The van der Waals surface area contributed by atoms with E-state index in [1.165, 1.54) is 10.5 Å². The predicted molar refractivity (Wildman–Crippen MR) is 84.6 cm³/mol. The average molecular weight is 307 g/mol. The highest BCUT2D eigenvalue weighted by atomic mass is 16.5. The smallest absolute Gasteiger partial charge is 0.308 e. The van der Waals surface area contributed by atoms with E-state index in [-0.39, 0.29) is 12.5 Å². The fourth-order valence-corrected chi connectivity index (χ4v) is 2.04. The number of carboxylic acids is 1. The summed E-state index contributed by atoms with van der Waals surface area (Å²) in [7, 11) is 1.64. The fourth-order valence-electron chi connectivity index (χ4n) is 2.04. The Morgan fingerprint density at radius 1 is 1.23 bits per heavy atom. The van der Waals surface area contributed by atoms with E-state index < -0.39 is 11.9 Å². The highest BCUT2D eigenvalue weighted by Gasteiger charge is 2.16. The molecule has 0 saturated heterocycles. The van der Waals surface area contributed by atoms with Crippen LogP contribution in [0.15, 0.2) is 30.3 Å². The summed E-state index contributed by atoms with van der Waals surface area (Å²) in [5.74, 6) is -1.47. The molecule has 22 heavy (non-hydrogen) atoms. The third kappa shape index (κ3) is 7.22. The first-order valence-corrected chi connectivity index (χ1v) is 7.59. The predicted octanol–water partition coefficient (Wildman–Crippen LogP) is 2.21. The molecule has 5 nitrogen and oxygen atoms in total. The van der Waals surface area contributed by atoms with Crippen LogP contribution in [0.4, 0.5) is 0 Å². The molecule has 1 N–H and O–H groups in total. The molecule has 1 amide bonds. The van der Waals surface area contributed by atoms with Gasteiger partial charge >= 0.3 is 5.97 Å². The Morgan fingerprint density at radius 3 is 2.55 bits per heavy atom. The number of carbonyl (C=O) groups excluding carboxylic acids is 1. The van der Waals surface area contributed by atoms with Gasteiger partial charge in [-0.1, -0.05) is 37.3 Å². The van der Waals surface area contributed by atoms with Crippen LogP contribution < -0.4 is 0 Å². The van der Waals surface area contributed by atoms with Gasteiger partial charge in [-0.15, -0.1) is 0 Å². The van der Waals surface area contributed by atoms with Crippen molar-refractivity contribution in [1.82, 2.24) is 4.90 Å². The van der Waals surface area contributed by atoms with Crippen molar-refractivity contribution in [3.63, 3.8) is 0 Å². The average Bonchev–Trinajstić information content (AvgIpc) is 2.51. The van der Waals surface area contributed by atoms with Crippen LogP contribution in [0.5, 0.6) is 0 Å².